The molecule has 1 amide bonds. The summed E-state index contributed by atoms with van der Waals surface area (Å²) in [5.74, 6) is -2.22. The molecule has 0 aliphatic rings. The molecule has 0 saturated heterocycles. The van der Waals surface area contributed by atoms with Crippen molar-refractivity contribution in [2.24, 2.45) is 0 Å². The first-order chi connectivity index (χ1) is 14.0. The molecule has 0 spiro atoms. The number of aryl methyl sites for hydroxylation is 1. The molecule has 0 radical (unpaired) electrons. The number of halogens is 2. The van der Waals surface area contributed by atoms with Crippen LogP contribution in [0.5, 0.6) is 0 Å². The minimum atomic E-state index is -1.07. The fraction of sp³-hybridized carbons (Fsp3) is 0.0435. The van der Waals surface area contributed by atoms with Crippen LogP contribution in [0, 0.1) is 18.6 Å². The summed E-state index contributed by atoms with van der Waals surface area (Å²) in [6.07, 6.45) is 0. The smallest absolute Gasteiger partial charge is 0.256 e. The van der Waals surface area contributed by atoms with E-state index in [-0.39, 0.29) is 5.56 Å². The average molecular weight is 389 g/mol. The van der Waals surface area contributed by atoms with E-state index in [9.17, 15) is 13.6 Å². The summed E-state index contributed by atoms with van der Waals surface area (Å²) >= 11 is 0. The van der Waals surface area contributed by atoms with Crippen LogP contribution in [0.25, 0.3) is 16.9 Å². The topological polar surface area (TPSA) is 46.9 Å². The summed E-state index contributed by atoms with van der Waals surface area (Å²) in [4.78, 5) is 12.6. The van der Waals surface area contributed by atoms with Crippen molar-refractivity contribution in [2.45, 2.75) is 6.92 Å². The van der Waals surface area contributed by atoms with Gasteiger partial charge in [0, 0.05) is 17.2 Å². The van der Waals surface area contributed by atoms with Gasteiger partial charge < -0.3 is 5.32 Å². The molecule has 0 bridgehead atoms. The summed E-state index contributed by atoms with van der Waals surface area (Å²) in [7, 11) is 0. The van der Waals surface area contributed by atoms with E-state index in [1.807, 2.05) is 61.5 Å². The molecule has 0 fully saturated rings. The van der Waals surface area contributed by atoms with Crippen LogP contribution in [-0.4, -0.2) is 15.7 Å². The van der Waals surface area contributed by atoms with Crippen LogP contribution in [0.2, 0.25) is 0 Å². The second-order valence-electron chi connectivity index (χ2n) is 6.61. The second kappa shape index (κ2) is 7.67. The van der Waals surface area contributed by atoms with E-state index in [0.717, 1.165) is 28.9 Å². The SMILES string of the molecule is Cc1ccc(-c2cc(NC(=O)c3ccc(F)c(F)c3)n(-c3ccccc3)n2)cc1. The van der Waals surface area contributed by atoms with Crippen LogP contribution in [0.3, 0.4) is 0 Å². The Morgan fingerprint density at radius 3 is 2.31 bits per heavy atom. The molecule has 0 aliphatic heterocycles. The van der Waals surface area contributed by atoms with E-state index in [0.29, 0.717) is 11.5 Å². The summed E-state index contributed by atoms with van der Waals surface area (Å²) in [5.41, 5.74) is 3.47. The van der Waals surface area contributed by atoms with Crippen molar-refractivity contribution in [1.82, 2.24) is 9.78 Å². The van der Waals surface area contributed by atoms with Crippen molar-refractivity contribution >= 4 is 11.7 Å². The maximum atomic E-state index is 13.5. The van der Waals surface area contributed by atoms with Gasteiger partial charge in [0.05, 0.1) is 11.4 Å². The first-order valence-corrected chi connectivity index (χ1v) is 9.00. The maximum absolute atomic E-state index is 13.5. The molecule has 4 nitrogen and oxygen atoms in total. The molecule has 4 aromatic rings. The number of aromatic nitrogens is 2. The fourth-order valence-corrected chi connectivity index (χ4v) is 2.93. The lowest BCUT2D eigenvalue weighted by molar-refractivity contribution is 0.102. The number of anilines is 1. The van der Waals surface area contributed by atoms with E-state index in [1.165, 1.54) is 6.07 Å². The Balaban J connectivity index is 1.73. The number of para-hydroxylation sites is 1. The molecule has 4 rings (SSSR count). The van der Waals surface area contributed by atoms with Crippen LogP contribution in [0.4, 0.5) is 14.6 Å². The lowest BCUT2D eigenvalue weighted by Crippen LogP contribution is -2.15. The van der Waals surface area contributed by atoms with Gasteiger partial charge in [-0.1, -0.05) is 48.0 Å². The molecule has 29 heavy (non-hydrogen) atoms. The number of nitrogens with zero attached hydrogens (tertiary/aromatic N) is 2. The van der Waals surface area contributed by atoms with Crippen LogP contribution in [-0.2, 0) is 0 Å². The maximum Gasteiger partial charge on any atom is 0.256 e. The Kier molecular flexibility index (Phi) is 4.91. The van der Waals surface area contributed by atoms with Crippen LogP contribution in [0.15, 0.2) is 78.9 Å². The number of benzene rings is 3. The van der Waals surface area contributed by atoms with E-state index in [1.54, 1.807) is 10.7 Å². The molecular formula is C23H17F2N3O. The predicted molar refractivity (Wildman–Crippen MR) is 108 cm³/mol. The molecule has 0 atom stereocenters. The van der Waals surface area contributed by atoms with E-state index in [4.69, 9.17) is 0 Å². The molecule has 3 aromatic carbocycles. The van der Waals surface area contributed by atoms with Gasteiger partial charge in [0.2, 0.25) is 0 Å². The van der Waals surface area contributed by atoms with E-state index >= 15 is 0 Å². The van der Waals surface area contributed by atoms with Gasteiger partial charge >= 0.3 is 0 Å². The third-order valence-electron chi connectivity index (χ3n) is 4.48. The normalized spacial score (nSPS) is 10.7. The largest absolute Gasteiger partial charge is 0.306 e. The highest BCUT2D eigenvalue weighted by atomic mass is 19.2. The van der Waals surface area contributed by atoms with Gasteiger partial charge in [-0.05, 0) is 37.3 Å². The van der Waals surface area contributed by atoms with Crippen molar-refractivity contribution in [3.05, 3.63) is 102 Å². The van der Waals surface area contributed by atoms with Crippen molar-refractivity contribution in [3.63, 3.8) is 0 Å². The zero-order chi connectivity index (χ0) is 20.4. The third-order valence-corrected chi connectivity index (χ3v) is 4.48. The predicted octanol–water partition coefficient (Wildman–Crippen LogP) is 5.38. The number of carbonyl (C=O) groups is 1. The lowest BCUT2D eigenvalue weighted by Gasteiger charge is -2.09. The second-order valence-corrected chi connectivity index (χ2v) is 6.61. The van der Waals surface area contributed by atoms with Gasteiger partial charge in [-0.15, -0.1) is 0 Å². The Hall–Kier alpha value is -3.80. The van der Waals surface area contributed by atoms with Crippen molar-refractivity contribution in [2.75, 3.05) is 5.32 Å². The lowest BCUT2D eigenvalue weighted by atomic mass is 10.1. The highest BCUT2D eigenvalue weighted by molar-refractivity contribution is 6.04. The third kappa shape index (κ3) is 3.91. The van der Waals surface area contributed by atoms with Gasteiger partial charge in [0.1, 0.15) is 5.82 Å². The summed E-state index contributed by atoms with van der Waals surface area (Å²) in [5, 5.41) is 7.37. The molecule has 0 aliphatic carbocycles. The van der Waals surface area contributed by atoms with Crippen molar-refractivity contribution in [1.29, 1.82) is 0 Å². The summed E-state index contributed by atoms with van der Waals surface area (Å²) in [6, 6.07) is 22.0. The van der Waals surface area contributed by atoms with Gasteiger partial charge in [0.15, 0.2) is 11.6 Å². The summed E-state index contributed by atoms with van der Waals surface area (Å²) < 4.78 is 28.3. The number of carbonyl (C=O) groups excluding carboxylic acids is 1. The highest BCUT2D eigenvalue weighted by Crippen LogP contribution is 2.25. The van der Waals surface area contributed by atoms with Gasteiger partial charge in [-0.25, -0.2) is 13.5 Å². The molecule has 0 unspecified atom stereocenters. The van der Waals surface area contributed by atoms with Crippen LogP contribution >= 0.6 is 0 Å². The Morgan fingerprint density at radius 1 is 0.897 bits per heavy atom. The first-order valence-electron chi connectivity index (χ1n) is 9.00. The Morgan fingerprint density at radius 2 is 1.62 bits per heavy atom. The van der Waals surface area contributed by atoms with Gasteiger partial charge in [-0.2, -0.15) is 5.10 Å². The quantitative estimate of drug-likeness (QED) is 0.509. The summed E-state index contributed by atoms with van der Waals surface area (Å²) in [6.45, 7) is 2.00. The van der Waals surface area contributed by atoms with Crippen molar-refractivity contribution in [3.8, 4) is 16.9 Å². The first kappa shape index (κ1) is 18.6. The molecule has 0 saturated carbocycles. The molecule has 1 N–H and O–H groups in total. The molecule has 144 valence electrons. The fourth-order valence-electron chi connectivity index (χ4n) is 2.93. The number of amides is 1. The van der Waals surface area contributed by atoms with E-state index in [2.05, 4.69) is 10.4 Å². The zero-order valence-electron chi connectivity index (χ0n) is 15.6. The highest BCUT2D eigenvalue weighted by Gasteiger charge is 2.16. The number of nitrogens with one attached hydrogen (secondary N) is 1. The monoisotopic (exact) mass is 389 g/mol. The minimum absolute atomic E-state index is 0.0154. The number of hydrogen-bond donors (Lipinski definition) is 1. The average Bonchev–Trinajstić information content (AvgIpc) is 3.15. The Labute approximate surface area is 166 Å². The zero-order valence-corrected chi connectivity index (χ0v) is 15.6. The molecular weight excluding hydrogens is 372 g/mol. The number of rotatable bonds is 4. The van der Waals surface area contributed by atoms with Gasteiger partial charge in [0.25, 0.3) is 5.91 Å². The number of hydrogen-bond acceptors (Lipinski definition) is 2. The van der Waals surface area contributed by atoms with Crippen molar-refractivity contribution < 1.29 is 13.6 Å². The Bertz CT molecular complexity index is 1170. The molecule has 1 aromatic heterocycles. The van der Waals surface area contributed by atoms with E-state index < -0.39 is 17.5 Å². The molecule has 6 heteroatoms. The standard InChI is InChI=1S/C23H17F2N3O/c1-15-7-9-16(10-8-15)21-14-22(28(27-21)18-5-3-2-4-6-18)26-23(29)17-11-12-19(24)20(25)13-17/h2-14H,1H3,(H,26,29). The van der Waals surface area contributed by atoms with Crippen LogP contribution in [0.1, 0.15) is 15.9 Å². The van der Waals surface area contributed by atoms with Gasteiger partial charge in [-0.3, -0.25) is 4.79 Å². The minimum Gasteiger partial charge on any atom is -0.306 e. The molecule has 1 heterocycles. The van der Waals surface area contributed by atoms with Crippen LogP contribution < -0.4 is 5.32 Å².